The Hall–Kier alpha value is -2.42. The molecule has 0 amide bonds. The molecule has 0 unspecified atom stereocenters. The Kier molecular flexibility index (Phi) is 5.14. The van der Waals surface area contributed by atoms with Crippen LogP contribution in [0.3, 0.4) is 0 Å². The van der Waals surface area contributed by atoms with Crippen LogP contribution < -0.4 is 5.32 Å². The zero-order valence-corrected chi connectivity index (χ0v) is 16.4. The molecule has 7 heteroatoms. The lowest BCUT2D eigenvalue weighted by Crippen LogP contribution is -2.08. The summed E-state index contributed by atoms with van der Waals surface area (Å²) in [6.45, 7) is 1.79. The highest BCUT2D eigenvalue weighted by atomic mass is 127. The SMILES string of the molecule is ICc1cccc(-c2cnc3ccc(NCCCn4ccnc4)nn23)c1. The molecule has 0 bridgehead atoms. The van der Waals surface area contributed by atoms with Crippen LogP contribution in [-0.4, -0.2) is 30.7 Å². The molecule has 0 spiro atoms. The average molecular weight is 458 g/mol. The van der Waals surface area contributed by atoms with Gasteiger partial charge < -0.3 is 9.88 Å². The molecule has 132 valence electrons. The highest BCUT2D eigenvalue weighted by molar-refractivity contribution is 14.1. The van der Waals surface area contributed by atoms with Gasteiger partial charge in [-0.15, -0.1) is 5.10 Å². The summed E-state index contributed by atoms with van der Waals surface area (Å²) in [6.07, 6.45) is 8.51. The summed E-state index contributed by atoms with van der Waals surface area (Å²) in [6, 6.07) is 12.5. The van der Waals surface area contributed by atoms with Crippen molar-refractivity contribution in [1.29, 1.82) is 0 Å². The fraction of sp³-hybridized carbons (Fsp3) is 0.211. The highest BCUT2D eigenvalue weighted by Gasteiger charge is 2.08. The van der Waals surface area contributed by atoms with Gasteiger partial charge in [0, 0.05) is 35.5 Å². The van der Waals surface area contributed by atoms with E-state index < -0.39 is 0 Å². The number of halogens is 1. The van der Waals surface area contributed by atoms with Crippen LogP contribution in [0.25, 0.3) is 16.9 Å². The van der Waals surface area contributed by atoms with Gasteiger partial charge in [0.05, 0.1) is 18.2 Å². The molecule has 3 aromatic heterocycles. The molecule has 0 aliphatic carbocycles. The molecule has 0 aliphatic rings. The molecule has 3 heterocycles. The molecule has 4 rings (SSSR count). The molecule has 4 aromatic rings. The van der Waals surface area contributed by atoms with Crippen LogP contribution in [0, 0.1) is 0 Å². The normalized spacial score (nSPS) is 11.1. The number of aryl methyl sites for hydroxylation is 1. The zero-order chi connectivity index (χ0) is 17.8. The maximum Gasteiger partial charge on any atom is 0.154 e. The molecule has 0 fully saturated rings. The van der Waals surface area contributed by atoms with Gasteiger partial charge in [0.1, 0.15) is 5.82 Å². The van der Waals surface area contributed by atoms with Crippen molar-refractivity contribution in [3.8, 4) is 11.3 Å². The van der Waals surface area contributed by atoms with E-state index in [-0.39, 0.29) is 0 Å². The highest BCUT2D eigenvalue weighted by Crippen LogP contribution is 2.22. The minimum absolute atomic E-state index is 0.851. The second-order valence-electron chi connectivity index (χ2n) is 6.05. The van der Waals surface area contributed by atoms with Gasteiger partial charge in [-0.1, -0.05) is 40.8 Å². The number of fused-ring (bicyclic) bond motifs is 1. The summed E-state index contributed by atoms with van der Waals surface area (Å²) in [5, 5.41) is 8.12. The molecule has 1 N–H and O–H groups in total. The van der Waals surface area contributed by atoms with Crippen LogP contribution in [0.5, 0.6) is 0 Å². The van der Waals surface area contributed by atoms with E-state index in [9.17, 15) is 0 Å². The van der Waals surface area contributed by atoms with Gasteiger partial charge >= 0.3 is 0 Å². The number of anilines is 1. The smallest absolute Gasteiger partial charge is 0.154 e. The number of alkyl halides is 1. The molecule has 0 radical (unpaired) electrons. The second kappa shape index (κ2) is 7.86. The molecular weight excluding hydrogens is 439 g/mol. The third-order valence-corrected chi connectivity index (χ3v) is 5.08. The van der Waals surface area contributed by atoms with Crippen molar-refractivity contribution in [2.24, 2.45) is 0 Å². The van der Waals surface area contributed by atoms with Crippen LogP contribution in [0.1, 0.15) is 12.0 Å². The zero-order valence-electron chi connectivity index (χ0n) is 14.2. The molecule has 6 nitrogen and oxygen atoms in total. The van der Waals surface area contributed by atoms with Crippen molar-refractivity contribution in [1.82, 2.24) is 24.1 Å². The number of hydrogen-bond donors (Lipinski definition) is 1. The number of nitrogens with one attached hydrogen (secondary N) is 1. The van der Waals surface area contributed by atoms with Crippen molar-refractivity contribution in [3.05, 3.63) is 66.9 Å². The number of nitrogens with zero attached hydrogens (tertiary/aromatic N) is 5. The second-order valence-corrected chi connectivity index (χ2v) is 6.81. The van der Waals surface area contributed by atoms with Gasteiger partial charge in [-0.05, 0) is 30.2 Å². The topological polar surface area (TPSA) is 60.0 Å². The van der Waals surface area contributed by atoms with E-state index in [1.54, 1.807) is 6.20 Å². The maximum absolute atomic E-state index is 4.72. The Balaban J connectivity index is 1.50. The largest absolute Gasteiger partial charge is 0.369 e. The van der Waals surface area contributed by atoms with Crippen molar-refractivity contribution in [2.45, 2.75) is 17.4 Å². The number of rotatable bonds is 7. The van der Waals surface area contributed by atoms with Crippen molar-refractivity contribution < 1.29 is 0 Å². The minimum atomic E-state index is 0.851. The Labute approximate surface area is 165 Å². The summed E-state index contributed by atoms with van der Waals surface area (Å²) in [5.74, 6) is 0.854. The first-order chi connectivity index (χ1) is 12.8. The van der Waals surface area contributed by atoms with E-state index in [4.69, 9.17) is 5.10 Å². The lowest BCUT2D eigenvalue weighted by Gasteiger charge is -2.08. The summed E-state index contributed by atoms with van der Waals surface area (Å²) < 4.78 is 4.97. The standard InChI is InChI=1S/C19H19IN6/c20-12-15-3-1-4-16(11-15)17-13-23-19-6-5-18(24-26(17)19)22-7-2-9-25-10-8-21-14-25/h1,3-6,8,10-11,13-14H,2,7,9,12H2,(H,22,24). The molecule has 0 atom stereocenters. The molecule has 26 heavy (non-hydrogen) atoms. The monoisotopic (exact) mass is 458 g/mol. The first-order valence-electron chi connectivity index (χ1n) is 8.53. The number of benzene rings is 1. The third-order valence-electron chi connectivity index (χ3n) is 4.20. The van der Waals surface area contributed by atoms with Crippen molar-refractivity contribution in [3.63, 3.8) is 0 Å². The molecule has 1 aromatic carbocycles. The van der Waals surface area contributed by atoms with Crippen LogP contribution in [0.4, 0.5) is 5.82 Å². The van der Waals surface area contributed by atoms with Crippen LogP contribution in [-0.2, 0) is 11.0 Å². The quantitative estimate of drug-likeness (QED) is 0.258. The lowest BCUT2D eigenvalue weighted by molar-refractivity contribution is 0.659. The van der Waals surface area contributed by atoms with Crippen LogP contribution in [0.2, 0.25) is 0 Å². The van der Waals surface area contributed by atoms with Gasteiger partial charge in [0.2, 0.25) is 0 Å². The van der Waals surface area contributed by atoms with Gasteiger partial charge in [0.15, 0.2) is 5.65 Å². The first-order valence-corrected chi connectivity index (χ1v) is 10.1. The Bertz CT molecular complexity index is 992. The third kappa shape index (κ3) is 3.72. The van der Waals surface area contributed by atoms with E-state index >= 15 is 0 Å². The fourth-order valence-electron chi connectivity index (χ4n) is 2.88. The van der Waals surface area contributed by atoms with Gasteiger partial charge in [0.25, 0.3) is 0 Å². The van der Waals surface area contributed by atoms with Crippen LogP contribution in [0.15, 0.2) is 61.3 Å². The average Bonchev–Trinajstić information content (AvgIpc) is 3.34. The summed E-state index contributed by atoms with van der Waals surface area (Å²) in [4.78, 5) is 8.54. The summed E-state index contributed by atoms with van der Waals surface area (Å²) in [5.41, 5.74) is 4.29. The van der Waals surface area contributed by atoms with E-state index in [0.29, 0.717) is 0 Å². The van der Waals surface area contributed by atoms with Crippen molar-refractivity contribution >= 4 is 34.1 Å². The predicted molar refractivity (Wildman–Crippen MR) is 111 cm³/mol. The molecule has 0 saturated carbocycles. The summed E-state index contributed by atoms with van der Waals surface area (Å²) in [7, 11) is 0. The van der Waals surface area contributed by atoms with Gasteiger partial charge in [-0.3, -0.25) is 0 Å². The Morgan fingerprint density at radius 2 is 2.12 bits per heavy atom. The number of imidazole rings is 2. The molecular formula is C19H19IN6. The molecule has 0 saturated heterocycles. The van der Waals surface area contributed by atoms with Gasteiger partial charge in [-0.25, -0.2) is 14.5 Å². The first kappa shape index (κ1) is 17.0. The van der Waals surface area contributed by atoms with Crippen LogP contribution >= 0.6 is 22.6 Å². The number of aromatic nitrogens is 5. The van der Waals surface area contributed by atoms with Gasteiger partial charge in [-0.2, -0.15) is 0 Å². The van der Waals surface area contributed by atoms with E-state index in [2.05, 4.69) is 66.7 Å². The van der Waals surface area contributed by atoms with Crippen molar-refractivity contribution in [2.75, 3.05) is 11.9 Å². The fourth-order valence-corrected chi connectivity index (χ4v) is 3.35. The van der Waals surface area contributed by atoms with E-state index in [0.717, 1.165) is 46.7 Å². The lowest BCUT2D eigenvalue weighted by atomic mass is 10.1. The Morgan fingerprint density at radius 1 is 1.15 bits per heavy atom. The van der Waals surface area contributed by atoms with E-state index in [1.807, 2.05) is 35.4 Å². The predicted octanol–water partition coefficient (Wildman–Crippen LogP) is 4.03. The van der Waals surface area contributed by atoms with E-state index in [1.165, 1.54) is 5.56 Å². The Morgan fingerprint density at radius 3 is 2.96 bits per heavy atom. The number of hydrogen-bond acceptors (Lipinski definition) is 4. The maximum atomic E-state index is 4.72. The summed E-state index contributed by atoms with van der Waals surface area (Å²) >= 11 is 2.38. The minimum Gasteiger partial charge on any atom is -0.369 e. The molecule has 0 aliphatic heterocycles.